The summed E-state index contributed by atoms with van der Waals surface area (Å²) in [5, 5.41) is 2.81. The zero-order chi connectivity index (χ0) is 14.7. The van der Waals surface area contributed by atoms with Gasteiger partial charge >= 0.3 is 0 Å². The Labute approximate surface area is 121 Å². The van der Waals surface area contributed by atoms with E-state index < -0.39 is 0 Å². The number of anilines is 2. The maximum Gasteiger partial charge on any atom is 0.267 e. The maximum absolute atomic E-state index is 12.0. The van der Waals surface area contributed by atoms with Crippen molar-refractivity contribution in [1.82, 2.24) is 4.98 Å². The normalized spacial score (nSPS) is 10.2. The van der Waals surface area contributed by atoms with Crippen molar-refractivity contribution in [2.75, 3.05) is 17.3 Å². The summed E-state index contributed by atoms with van der Waals surface area (Å²) in [5.74, 6) is -0.209. The molecule has 20 heavy (non-hydrogen) atoms. The van der Waals surface area contributed by atoms with Gasteiger partial charge in [-0.2, -0.15) is 0 Å². The van der Waals surface area contributed by atoms with Crippen LogP contribution in [0.4, 0.5) is 11.4 Å². The highest BCUT2D eigenvalue weighted by atomic mass is 32.1. The van der Waals surface area contributed by atoms with Crippen LogP contribution in [0.1, 0.15) is 22.3 Å². The first kappa shape index (κ1) is 14.2. The van der Waals surface area contributed by atoms with Crippen molar-refractivity contribution >= 4 is 34.5 Å². The zero-order valence-corrected chi connectivity index (χ0v) is 12.3. The summed E-state index contributed by atoms with van der Waals surface area (Å²) < 4.78 is 0. The van der Waals surface area contributed by atoms with Gasteiger partial charge in [-0.05, 0) is 31.2 Å². The molecule has 1 aromatic carbocycles. The minimum Gasteiger partial charge on any atom is -0.321 e. The second-order valence-electron chi connectivity index (χ2n) is 4.35. The van der Waals surface area contributed by atoms with E-state index in [0.29, 0.717) is 10.6 Å². The number of nitrogens with one attached hydrogen (secondary N) is 1. The second kappa shape index (κ2) is 5.83. The Morgan fingerprint density at radius 3 is 2.40 bits per heavy atom. The number of rotatable bonds is 3. The SMILES string of the molecule is CC(=O)N(C)c1ccc(NC(=O)c2scnc2C)cc1. The van der Waals surface area contributed by atoms with Crippen LogP contribution in [-0.4, -0.2) is 23.8 Å². The number of benzene rings is 1. The van der Waals surface area contributed by atoms with Crippen LogP contribution < -0.4 is 10.2 Å². The Bertz CT molecular complexity index is 634. The topological polar surface area (TPSA) is 62.3 Å². The number of aryl methyl sites for hydroxylation is 1. The van der Waals surface area contributed by atoms with E-state index in [4.69, 9.17) is 0 Å². The Morgan fingerprint density at radius 1 is 1.25 bits per heavy atom. The summed E-state index contributed by atoms with van der Waals surface area (Å²) >= 11 is 1.31. The lowest BCUT2D eigenvalue weighted by Crippen LogP contribution is -2.22. The van der Waals surface area contributed by atoms with Gasteiger partial charge in [0, 0.05) is 25.3 Å². The largest absolute Gasteiger partial charge is 0.321 e. The van der Waals surface area contributed by atoms with E-state index in [1.165, 1.54) is 18.3 Å². The fourth-order valence-corrected chi connectivity index (χ4v) is 2.36. The predicted octanol–water partition coefficient (Wildman–Crippen LogP) is 2.69. The smallest absolute Gasteiger partial charge is 0.267 e. The highest BCUT2D eigenvalue weighted by Gasteiger charge is 2.12. The van der Waals surface area contributed by atoms with Gasteiger partial charge in [0.2, 0.25) is 5.91 Å². The molecule has 0 atom stereocenters. The van der Waals surface area contributed by atoms with Gasteiger partial charge in [0.25, 0.3) is 5.91 Å². The lowest BCUT2D eigenvalue weighted by Gasteiger charge is -2.15. The number of hydrogen-bond donors (Lipinski definition) is 1. The summed E-state index contributed by atoms with van der Waals surface area (Å²) in [4.78, 5) is 29.5. The van der Waals surface area contributed by atoms with Crippen molar-refractivity contribution in [2.45, 2.75) is 13.8 Å². The fourth-order valence-electron chi connectivity index (χ4n) is 1.66. The predicted molar refractivity (Wildman–Crippen MR) is 80.3 cm³/mol. The quantitative estimate of drug-likeness (QED) is 0.945. The molecule has 2 rings (SSSR count). The summed E-state index contributed by atoms with van der Waals surface area (Å²) in [6, 6.07) is 7.11. The monoisotopic (exact) mass is 289 g/mol. The number of carbonyl (C=O) groups excluding carboxylic acids is 2. The zero-order valence-electron chi connectivity index (χ0n) is 11.5. The van der Waals surface area contributed by atoms with Crippen LogP contribution >= 0.6 is 11.3 Å². The van der Waals surface area contributed by atoms with Crippen molar-refractivity contribution in [1.29, 1.82) is 0 Å². The highest BCUT2D eigenvalue weighted by Crippen LogP contribution is 2.19. The first-order chi connectivity index (χ1) is 9.49. The molecule has 2 amide bonds. The number of thiazole rings is 1. The van der Waals surface area contributed by atoms with Gasteiger partial charge in [0.15, 0.2) is 0 Å². The van der Waals surface area contributed by atoms with Gasteiger partial charge in [-0.3, -0.25) is 9.59 Å². The molecule has 5 nitrogen and oxygen atoms in total. The van der Waals surface area contributed by atoms with Crippen LogP contribution in [0.5, 0.6) is 0 Å². The van der Waals surface area contributed by atoms with Crippen molar-refractivity contribution in [3.8, 4) is 0 Å². The van der Waals surface area contributed by atoms with Crippen molar-refractivity contribution < 1.29 is 9.59 Å². The molecule has 104 valence electrons. The molecule has 0 saturated heterocycles. The molecule has 0 aliphatic rings. The second-order valence-corrected chi connectivity index (χ2v) is 5.20. The minimum absolute atomic E-state index is 0.0397. The van der Waals surface area contributed by atoms with E-state index in [2.05, 4.69) is 10.3 Å². The molecule has 0 bridgehead atoms. The molecule has 6 heteroatoms. The van der Waals surface area contributed by atoms with Gasteiger partial charge in [-0.15, -0.1) is 11.3 Å². The van der Waals surface area contributed by atoms with Crippen molar-refractivity contribution in [3.63, 3.8) is 0 Å². The first-order valence-corrected chi connectivity index (χ1v) is 6.93. The lowest BCUT2D eigenvalue weighted by atomic mass is 10.2. The number of aromatic nitrogens is 1. The third kappa shape index (κ3) is 3.03. The van der Waals surface area contributed by atoms with Crippen molar-refractivity contribution in [2.24, 2.45) is 0 Å². The molecule has 0 aliphatic carbocycles. The molecule has 2 aromatic rings. The Kier molecular flexibility index (Phi) is 4.14. The van der Waals surface area contributed by atoms with Crippen LogP contribution in [-0.2, 0) is 4.79 Å². The average molecular weight is 289 g/mol. The molecule has 0 fully saturated rings. The lowest BCUT2D eigenvalue weighted by molar-refractivity contribution is -0.116. The Hall–Kier alpha value is -2.21. The molecular formula is C14H15N3O2S. The molecule has 0 radical (unpaired) electrons. The molecule has 0 aliphatic heterocycles. The summed E-state index contributed by atoms with van der Waals surface area (Å²) in [6.07, 6.45) is 0. The number of amides is 2. The van der Waals surface area contributed by atoms with E-state index in [0.717, 1.165) is 11.4 Å². The van der Waals surface area contributed by atoms with Crippen molar-refractivity contribution in [3.05, 3.63) is 40.3 Å². The van der Waals surface area contributed by atoms with E-state index >= 15 is 0 Å². The van der Waals surface area contributed by atoms with E-state index in [9.17, 15) is 9.59 Å². The fraction of sp³-hybridized carbons (Fsp3) is 0.214. The van der Waals surface area contributed by atoms with E-state index in [1.54, 1.807) is 48.6 Å². The Balaban J connectivity index is 2.10. The third-order valence-electron chi connectivity index (χ3n) is 2.94. The molecular weight excluding hydrogens is 274 g/mol. The summed E-state index contributed by atoms with van der Waals surface area (Å²) in [6.45, 7) is 3.30. The molecule has 0 saturated carbocycles. The van der Waals surface area contributed by atoms with Crippen LogP contribution in [0.15, 0.2) is 29.8 Å². The maximum atomic E-state index is 12.0. The summed E-state index contributed by atoms with van der Waals surface area (Å²) in [5.41, 5.74) is 3.84. The molecule has 0 spiro atoms. The van der Waals surface area contributed by atoms with Gasteiger partial charge in [0.1, 0.15) is 4.88 Å². The van der Waals surface area contributed by atoms with Gasteiger partial charge in [-0.25, -0.2) is 4.98 Å². The number of hydrogen-bond acceptors (Lipinski definition) is 4. The van der Waals surface area contributed by atoms with Crippen LogP contribution in [0.3, 0.4) is 0 Å². The van der Waals surface area contributed by atoms with Gasteiger partial charge in [0.05, 0.1) is 11.2 Å². The highest BCUT2D eigenvalue weighted by molar-refractivity contribution is 7.12. The molecule has 1 heterocycles. The van der Waals surface area contributed by atoms with Crippen LogP contribution in [0.2, 0.25) is 0 Å². The standard InChI is InChI=1S/C14H15N3O2S/c1-9-13(20-8-15-9)14(19)16-11-4-6-12(7-5-11)17(3)10(2)18/h4-8H,1-3H3,(H,16,19). The first-order valence-electron chi connectivity index (χ1n) is 6.05. The molecule has 1 N–H and O–H groups in total. The number of nitrogens with zero attached hydrogens (tertiary/aromatic N) is 2. The van der Waals surface area contributed by atoms with Gasteiger partial charge in [-0.1, -0.05) is 0 Å². The van der Waals surface area contributed by atoms with Crippen LogP contribution in [0.25, 0.3) is 0 Å². The Morgan fingerprint density at radius 2 is 1.90 bits per heavy atom. The average Bonchev–Trinajstić information content (AvgIpc) is 2.85. The third-order valence-corrected chi connectivity index (χ3v) is 3.86. The van der Waals surface area contributed by atoms with E-state index in [1.807, 2.05) is 0 Å². The minimum atomic E-state index is -0.169. The summed E-state index contributed by atoms with van der Waals surface area (Å²) in [7, 11) is 1.70. The van der Waals surface area contributed by atoms with Crippen LogP contribution in [0, 0.1) is 6.92 Å². The molecule has 1 aromatic heterocycles. The van der Waals surface area contributed by atoms with E-state index in [-0.39, 0.29) is 11.8 Å². The molecule has 0 unspecified atom stereocenters. The van der Waals surface area contributed by atoms with Gasteiger partial charge < -0.3 is 10.2 Å². The number of carbonyl (C=O) groups is 2.